The zero-order valence-electron chi connectivity index (χ0n) is 17.2. The molecule has 0 fully saturated rings. The fraction of sp³-hybridized carbons (Fsp3) is 0.160. The molecule has 6 nitrogen and oxygen atoms in total. The summed E-state index contributed by atoms with van der Waals surface area (Å²) in [5, 5.41) is 0. The fourth-order valence-electron chi connectivity index (χ4n) is 2.84. The van der Waals surface area contributed by atoms with E-state index in [4.69, 9.17) is 9.47 Å². The number of carbonyl (C=O) groups excluding carboxylic acids is 3. The van der Waals surface area contributed by atoms with Gasteiger partial charge in [0.05, 0.1) is 0 Å². The molecule has 3 aromatic rings. The minimum atomic E-state index is -0.647. The Labute approximate surface area is 181 Å². The first-order valence-electron chi connectivity index (χ1n) is 9.79. The number of ether oxygens (including phenoxy) is 2. The van der Waals surface area contributed by atoms with E-state index in [9.17, 15) is 14.4 Å². The number of hydrogen-bond acceptors (Lipinski definition) is 5. The van der Waals surface area contributed by atoms with E-state index in [1.165, 1.54) is 4.90 Å². The van der Waals surface area contributed by atoms with E-state index in [1.807, 2.05) is 36.4 Å². The zero-order valence-corrected chi connectivity index (χ0v) is 17.2. The SMILES string of the molecule is CN(Cc1ccccc1)C(=O)COC(=O)COc1ccc(C(=O)c2ccccc2)cc1. The Hall–Kier alpha value is -3.93. The molecule has 0 aliphatic heterocycles. The van der Waals surface area contributed by atoms with E-state index in [-0.39, 0.29) is 24.9 Å². The molecule has 6 heteroatoms. The van der Waals surface area contributed by atoms with Gasteiger partial charge in [0, 0.05) is 24.7 Å². The lowest BCUT2D eigenvalue weighted by Crippen LogP contribution is -2.31. The van der Waals surface area contributed by atoms with Crippen molar-refractivity contribution in [2.45, 2.75) is 6.54 Å². The minimum absolute atomic E-state index is 0.0929. The predicted octanol–water partition coefficient (Wildman–Crippen LogP) is 3.50. The third kappa shape index (κ3) is 6.54. The number of nitrogens with zero attached hydrogens (tertiary/aromatic N) is 1. The van der Waals surface area contributed by atoms with Crippen LogP contribution >= 0.6 is 0 Å². The largest absolute Gasteiger partial charge is 0.482 e. The Balaban J connectivity index is 1.42. The topological polar surface area (TPSA) is 72.9 Å². The van der Waals surface area contributed by atoms with Crippen molar-refractivity contribution in [2.75, 3.05) is 20.3 Å². The molecule has 0 aromatic heterocycles. The molecule has 3 rings (SSSR count). The summed E-state index contributed by atoms with van der Waals surface area (Å²) in [5.41, 5.74) is 2.11. The number of carbonyl (C=O) groups is 3. The van der Waals surface area contributed by atoms with E-state index < -0.39 is 5.97 Å². The van der Waals surface area contributed by atoms with E-state index in [1.54, 1.807) is 55.6 Å². The molecule has 31 heavy (non-hydrogen) atoms. The van der Waals surface area contributed by atoms with Gasteiger partial charge in [-0.2, -0.15) is 0 Å². The average molecular weight is 417 g/mol. The smallest absolute Gasteiger partial charge is 0.344 e. The van der Waals surface area contributed by atoms with Crippen molar-refractivity contribution < 1.29 is 23.9 Å². The van der Waals surface area contributed by atoms with Crippen LogP contribution in [0.15, 0.2) is 84.9 Å². The van der Waals surface area contributed by atoms with Gasteiger partial charge in [-0.1, -0.05) is 60.7 Å². The number of likely N-dealkylation sites (N-methyl/N-ethyl adjacent to an activating group) is 1. The second-order valence-electron chi connectivity index (χ2n) is 6.90. The molecule has 0 saturated carbocycles. The van der Waals surface area contributed by atoms with E-state index in [2.05, 4.69) is 0 Å². The molecular formula is C25H23NO5. The molecule has 0 radical (unpaired) electrons. The highest BCUT2D eigenvalue weighted by molar-refractivity contribution is 6.08. The van der Waals surface area contributed by atoms with E-state index >= 15 is 0 Å². The Morgan fingerprint density at radius 3 is 1.97 bits per heavy atom. The molecule has 0 aliphatic rings. The third-order valence-electron chi connectivity index (χ3n) is 4.55. The Morgan fingerprint density at radius 1 is 0.742 bits per heavy atom. The van der Waals surface area contributed by atoms with Gasteiger partial charge in [0.1, 0.15) is 5.75 Å². The number of hydrogen-bond donors (Lipinski definition) is 0. The lowest BCUT2D eigenvalue weighted by molar-refractivity contribution is -0.153. The summed E-state index contributed by atoms with van der Waals surface area (Å²) in [6, 6.07) is 25.0. The highest BCUT2D eigenvalue weighted by atomic mass is 16.6. The van der Waals surface area contributed by atoms with Gasteiger partial charge in [-0.05, 0) is 29.8 Å². The van der Waals surface area contributed by atoms with Crippen LogP contribution in [0.4, 0.5) is 0 Å². The lowest BCUT2D eigenvalue weighted by Gasteiger charge is -2.17. The van der Waals surface area contributed by atoms with Crippen LogP contribution in [0.3, 0.4) is 0 Å². The van der Waals surface area contributed by atoms with Gasteiger partial charge in [0.25, 0.3) is 5.91 Å². The van der Waals surface area contributed by atoms with Crippen molar-refractivity contribution in [2.24, 2.45) is 0 Å². The van der Waals surface area contributed by atoms with Crippen molar-refractivity contribution in [3.8, 4) is 5.75 Å². The molecule has 0 spiro atoms. The summed E-state index contributed by atoms with van der Waals surface area (Å²) in [4.78, 5) is 37.9. The van der Waals surface area contributed by atoms with Crippen LogP contribution in [0.2, 0.25) is 0 Å². The minimum Gasteiger partial charge on any atom is -0.482 e. The quantitative estimate of drug-likeness (QED) is 0.394. The first kappa shape index (κ1) is 21.8. The molecule has 0 bridgehead atoms. The Morgan fingerprint density at radius 2 is 1.32 bits per heavy atom. The van der Waals surface area contributed by atoms with Crippen LogP contribution in [0.1, 0.15) is 21.5 Å². The standard InChI is InChI=1S/C25H23NO5/c1-26(16-19-8-4-2-5-9-19)23(27)17-31-24(28)18-30-22-14-12-21(13-15-22)25(29)20-10-6-3-7-11-20/h2-15H,16-18H2,1H3. The van der Waals surface area contributed by atoms with Crippen LogP contribution in [0.25, 0.3) is 0 Å². The monoisotopic (exact) mass is 417 g/mol. The summed E-state index contributed by atoms with van der Waals surface area (Å²) in [6.07, 6.45) is 0. The zero-order chi connectivity index (χ0) is 22.1. The van der Waals surface area contributed by atoms with Gasteiger partial charge in [0.2, 0.25) is 0 Å². The van der Waals surface area contributed by atoms with Crippen molar-refractivity contribution >= 4 is 17.7 Å². The summed E-state index contributed by atoms with van der Waals surface area (Å²) in [5.74, 6) is -0.620. The first-order valence-corrected chi connectivity index (χ1v) is 9.79. The molecule has 1 amide bonds. The average Bonchev–Trinajstić information content (AvgIpc) is 2.82. The van der Waals surface area contributed by atoms with Crippen LogP contribution in [0.5, 0.6) is 5.75 Å². The Bertz CT molecular complexity index is 1020. The fourth-order valence-corrected chi connectivity index (χ4v) is 2.84. The van der Waals surface area contributed by atoms with Crippen LogP contribution in [-0.2, 0) is 20.9 Å². The number of rotatable bonds is 9. The normalized spacial score (nSPS) is 10.2. The van der Waals surface area contributed by atoms with Gasteiger partial charge >= 0.3 is 5.97 Å². The van der Waals surface area contributed by atoms with Crippen molar-refractivity contribution in [1.29, 1.82) is 0 Å². The maximum absolute atomic E-state index is 12.4. The van der Waals surface area contributed by atoms with Gasteiger partial charge in [-0.3, -0.25) is 9.59 Å². The van der Waals surface area contributed by atoms with Gasteiger partial charge in [-0.25, -0.2) is 4.79 Å². The highest BCUT2D eigenvalue weighted by Crippen LogP contribution is 2.15. The first-order chi connectivity index (χ1) is 15.0. The number of amides is 1. The number of esters is 1. The molecule has 0 atom stereocenters. The van der Waals surface area contributed by atoms with E-state index in [0.29, 0.717) is 23.4 Å². The van der Waals surface area contributed by atoms with Crippen LogP contribution in [0, 0.1) is 0 Å². The van der Waals surface area contributed by atoms with Crippen LogP contribution < -0.4 is 4.74 Å². The molecule has 0 unspecified atom stereocenters. The summed E-state index contributed by atoms with van der Waals surface area (Å²) in [7, 11) is 1.65. The molecule has 0 saturated heterocycles. The molecular weight excluding hydrogens is 394 g/mol. The molecule has 0 N–H and O–H groups in total. The van der Waals surface area contributed by atoms with Gasteiger partial charge in [0.15, 0.2) is 19.0 Å². The summed E-state index contributed by atoms with van der Waals surface area (Å²) in [6.45, 7) is -0.251. The lowest BCUT2D eigenvalue weighted by atomic mass is 10.0. The summed E-state index contributed by atoms with van der Waals surface area (Å²) < 4.78 is 10.4. The predicted molar refractivity (Wildman–Crippen MR) is 116 cm³/mol. The second-order valence-corrected chi connectivity index (χ2v) is 6.90. The van der Waals surface area contributed by atoms with Crippen molar-refractivity contribution in [3.05, 3.63) is 102 Å². The van der Waals surface area contributed by atoms with Crippen molar-refractivity contribution in [3.63, 3.8) is 0 Å². The maximum atomic E-state index is 12.4. The third-order valence-corrected chi connectivity index (χ3v) is 4.55. The van der Waals surface area contributed by atoms with Gasteiger partial charge < -0.3 is 14.4 Å². The maximum Gasteiger partial charge on any atom is 0.344 e. The molecule has 0 heterocycles. The van der Waals surface area contributed by atoms with Gasteiger partial charge in [-0.15, -0.1) is 0 Å². The number of benzene rings is 3. The molecule has 158 valence electrons. The van der Waals surface area contributed by atoms with Crippen molar-refractivity contribution in [1.82, 2.24) is 4.90 Å². The van der Waals surface area contributed by atoms with Crippen LogP contribution in [-0.4, -0.2) is 42.8 Å². The molecule has 3 aromatic carbocycles. The summed E-state index contributed by atoms with van der Waals surface area (Å²) >= 11 is 0. The highest BCUT2D eigenvalue weighted by Gasteiger charge is 2.13. The number of ketones is 1. The molecule has 0 aliphatic carbocycles. The Kier molecular flexibility index (Phi) is 7.54. The second kappa shape index (κ2) is 10.7. The van der Waals surface area contributed by atoms with E-state index in [0.717, 1.165) is 5.56 Å².